The van der Waals surface area contributed by atoms with Gasteiger partial charge in [0.05, 0.1) is 0 Å². The van der Waals surface area contributed by atoms with E-state index in [0.717, 1.165) is 16.7 Å². The van der Waals surface area contributed by atoms with Gasteiger partial charge in [-0.1, -0.05) is 66.2 Å². The maximum Gasteiger partial charge on any atom is 0.408 e. The molecule has 0 aromatic heterocycles. The van der Waals surface area contributed by atoms with Crippen molar-refractivity contribution in [3.05, 3.63) is 101 Å². The zero-order chi connectivity index (χ0) is 38.3. The van der Waals surface area contributed by atoms with Crippen molar-refractivity contribution < 1.29 is 33.8 Å². The standard InChI is InChI=1S/C41H55N3O7/c1-26-17-18-27(2)31(23-26)34(35(46)42-33(37(48)50-40(6,7)8)25-28-15-13-12-14-16-28)44(39(3,4)5)36(47)32(43-38(49)51-41(9,10)11)24-29-19-21-30(45)22-20-29/h12-23,32-34,45H,24-25H2,1-11H3,(H,42,46)(H,43,49). The average molecular weight is 702 g/mol. The molecule has 3 amide bonds. The molecule has 0 fully saturated rings. The highest BCUT2D eigenvalue weighted by atomic mass is 16.6. The van der Waals surface area contributed by atoms with E-state index >= 15 is 4.79 Å². The van der Waals surface area contributed by atoms with E-state index in [-0.39, 0.29) is 18.6 Å². The second kappa shape index (κ2) is 16.4. The van der Waals surface area contributed by atoms with Crippen molar-refractivity contribution in [1.82, 2.24) is 15.5 Å². The smallest absolute Gasteiger partial charge is 0.408 e. The zero-order valence-electron chi connectivity index (χ0n) is 31.9. The van der Waals surface area contributed by atoms with Gasteiger partial charge in [0.25, 0.3) is 0 Å². The molecule has 0 aliphatic carbocycles. The van der Waals surface area contributed by atoms with Crippen LogP contribution < -0.4 is 10.6 Å². The second-order valence-electron chi connectivity index (χ2n) is 16.0. The van der Waals surface area contributed by atoms with E-state index in [4.69, 9.17) is 9.47 Å². The van der Waals surface area contributed by atoms with E-state index in [9.17, 15) is 19.5 Å². The number of esters is 1. The number of amides is 3. The number of nitrogens with zero attached hydrogens (tertiary/aromatic N) is 1. The molecule has 0 saturated heterocycles. The first-order valence-electron chi connectivity index (χ1n) is 17.3. The Morgan fingerprint density at radius 1 is 0.706 bits per heavy atom. The number of phenols is 1. The van der Waals surface area contributed by atoms with Gasteiger partial charge in [0.15, 0.2) is 0 Å². The summed E-state index contributed by atoms with van der Waals surface area (Å²) in [5.74, 6) is -1.68. The number of ether oxygens (including phenoxy) is 2. The van der Waals surface area contributed by atoms with Crippen molar-refractivity contribution in [2.75, 3.05) is 0 Å². The fourth-order valence-corrected chi connectivity index (χ4v) is 5.65. The Hall–Kier alpha value is -4.86. The van der Waals surface area contributed by atoms with E-state index < -0.39 is 58.7 Å². The van der Waals surface area contributed by atoms with Crippen LogP contribution in [0.2, 0.25) is 0 Å². The number of rotatable bonds is 11. The van der Waals surface area contributed by atoms with Gasteiger partial charge < -0.3 is 30.1 Å². The molecule has 0 radical (unpaired) electrons. The molecule has 3 aromatic rings. The lowest BCUT2D eigenvalue weighted by atomic mass is 9.91. The number of nitrogens with one attached hydrogen (secondary N) is 2. The van der Waals surface area contributed by atoms with Crippen LogP contribution in [0.4, 0.5) is 4.79 Å². The molecule has 0 saturated carbocycles. The van der Waals surface area contributed by atoms with Gasteiger partial charge in [0.1, 0.15) is 35.1 Å². The van der Waals surface area contributed by atoms with E-state index in [0.29, 0.717) is 11.1 Å². The van der Waals surface area contributed by atoms with Gasteiger partial charge in [0, 0.05) is 18.4 Å². The molecule has 0 heterocycles. The molecule has 51 heavy (non-hydrogen) atoms. The van der Waals surface area contributed by atoms with Crippen LogP contribution in [0.15, 0.2) is 72.8 Å². The Labute approximate surface area is 302 Å². The summed E-state index contributed by atoms with van der Waals surface area (Å²) in [6.45, 7) is 19.7. The predicted octanol–water partition coefficient (Wildman–Crippen LogP) is 6.88. The highest BCUT2D eigenvalue weighted by Crippen LogP contribution is 2.33. The first-order valence-corrected chi connectivity index (χ1v) is 17.3. The molecule has 0 spiro atoms. The minimum absolute atomic E-state index is 0.0423. The quantitative estimate of drug-likeness (QED) is 0.186. The van der Waals surface area contributed by atoms with Crippen molar-refractivity contribution in [2.45, 2.75) is 124 Å². The van der Waals surface area contributed by atoms with Gasteiger partial charge >= 0.3 is 12.1 Å². The summed E-state index contributed by atoms with van der Waals surface area (Å²) < 4.78 is 11.3. The van der Waals surface area contributed by atoms with Crippen LogP contribution >= 0.6 is 0 Å². The van der Waals surface area contributed by atoms with Crippen molar-refractivity contribution in [1.29, 1.82) is 0 Å². The van der Waals surface area contributed by atoms with Crippen molar-refractivity contribution in [2.24, 2.45) is 0 Å². The van der Waals surface area contributed by atoms with Gasteiger partial charge in [-0.15, -0.1) is 0 Å². The predicted molar refractivity (Wildman–Crippen MR) is 198 cm³/mol. The molecular formula is C41H55N3O7. The summed E-state index contributed by atoms with van der Waals surface area (Å²) in [4.78, 5) is 58.2. The third-order valence-electron chi connectivity index (χ3n) is 7.85. The summed E-state index contributed by atoms with van der Waals surface area (Å²) >= 11 is 0. The van der Waals surface area contributed by atoms with E-state index in [1.165, 1.54) is 17.0 Å². The van der Waals surface area contributed by atoms with Crippen molar-refractivity contribution in [3.8, 4) is 5.75 Å². The molecule has 276 valence electrons. The van der Waals surface area contributed by atoms with E-state index in [2.05, 4.69) is 10.6 Å². The number of benzene rings is 3. The van der Waals surface area contributed by atoms with Crippen LogP contribution in [0.25, 0.3) is 0 Å². The SMILES string of the molecule is Cc1ccc(C)c(C(C(=O)NC(Cc2ccccc2)C(=O)OC(C)(C)C)N(C(=O)C(Cc2ccc(O)cc2)NC(=O)OC(C)(C)C)C(C)(C)C)c1. The average Bonchev–Trinajstić information content (AvgIpc) is 2.99. The maximum atomic E-state index is 15.0. The van der Waals surface area contributed by atoms with E-state index in [1.807, 2.05) is 83.1 Å². The first-order chi connectivity index (χ1) is 23.5. The molecule has 3 atom stereocenters. The number of hydrogen-bond acceptors (Lipinski definition) is 7. The number of carbonyl (C=O) groups is 4. The second-order valence-corrected chi connectivity index (χ2v) is 16.0. The minimum Gasteiger partial charge on any atom is -0.508 e. The molecule has 3 aromatic carbocycles. The summed E-state index contributed by atoms with van der Waals surface area (Å²) in [6, 6.07) is 17.9. The van der Waals surface area contributed by atoms with Crippen molar-refractivity contribution in [3.63, 3.8) is 0 Å². The number of phenolic OH excluding ortho intramolecular Hbond substituents is 1. The molecule has 10 heteroatoms. The van der Waals surface area contributed by atoms with Gasteiger partial charge in [-0.3, -0.25) is 9.59 Å². The number of carbonyl (C=O) groups excluding carboxylic acids is 4. The third kappa shape index (κ3) is 12.5. The number of hydrogen-bond donors (Lipinski definition) is 3. The summed E-state index contributed by atoms with van der Waals surface area (Å²) in [6.07, 6.45) is -0.594. The summed E-state index contributed by atoms with van der Waals surface area (Å²) in [7, 11) is 0. The van der Waals surface area contributed by atoms with Crippen LogP contribution in [0, 0.1) is 13.8 Å². The number of alkyl carbamates (subject to hydrolysis) is 1. The highest BCUT2D eigenvalue weighted by molar-refractivity contribution is 5.94. The molecule has 0 aliphatic rings. The Balaban J connectivity index is 2.18. The molecule has 10 nitrogen and oxygen atoms in total. The van der Waals surface area contributed by atoms with Crippen LogP contribution in [-0.4, -0.2) is 62.7 Å². The van der Waals surface area contributed by atoms with Gasteiger partial charge in [0.2, 0.25) is 11.8 Å². The molecule has 0 aliphatic heterocycles. The highest BCUT2D eigenvalue weighted by Gasteiger charge is 2.43. The summed E-state index contributed by atoms with van der Waals surface area (Å²) in [5, 5.41) is 15.6. The molecular weight excluding hydrogens is 646 g/mol. The first kappa shape index (κ1) is 40.6. The van der Waals surface area contributed by atoms with Crippen LogP contribution in [0.5, 0.6) is 5.75 Å². The monoisotopic (exact) mass is 701 g/mol. The fourth-order valence-electron chi connectivity index (χ4n) is 5.65. The van der Waals surface area contributed by atoms with Crippen molar-refractivity contribution >= 4 is 23.9 Å². The Morgan fingerprint density at radius 3 is 1.80 bits per heavy atom. The molecule has 3 N–H and O–H groups in total. The van der Waals surface area contributed by atoms with Crippen LogP contribution in [0.3, 0.4) is 0 Å². The largest absolute Gasteiger partial charge is 0.508 e. The lowest BCUT2D eigenvalue weighted by Crippen LogP contribution is -2.60. The Bertz CT molecular complexity index is 1670. The summed E-state index contributed by atoms with van der Waals surface area (Å²) in [5.41, 5.74) is 1.05. The van der Waals surface area contributed by atoms with Gasteiger partial charge in [-0.2, -0.15) is 0 Å². The van der Waals surface area contributed by atoms with Gasteiger partial charge in [-0.05, 0) is 111 Å². The zero-order valence-corrected chi connectivity index (χ0v) is 31.9. The fraction of sp³-hybridized carbons (Fsp3) is 0.463. The van der Waals surface area contributed by atoms with E-state index in [1.54, 1.807) is 53.7 Å². The minimum atomic E-state index is -1.22. The maximum absolute atomic E-state index is 15.0. The molecule has 0 bridgehead atoms. The molecule has 3 rings (SSSR count). The number of aryl methyl sites for hydroxylation is 2. The van der Waals surface area contributed by atoms with Crippen LogP contribution in [0.1, 0.15) is 96.2 Å². The van der Waals surface area contributed by atoms with Crippen LogP contribution in [-0.2, 0) is 36.7 Å². The third-order valence-corrected chi connectivity index (χ3v) is 7.85. The Morgan fingerprint density at radius 2 is 1.25 bits per heavy atom. The van der Waals surface area contributed by atoms with Gasteiger partial charge in [-0.25, -0.2) is 9.59 Å². The lowest BCUT2D eigenvalue weighted by molar-refractivity contribution is -0.159. The molecule has 3 unspecified atom stereocenters. The Kier molecular flexibility index (Phi) is 13.1. The topological polar surface area (TPSA) is 134 Å². The normalized spacial score (nSPS) is 13.7. The lowest BCUT2D eigenvalue weighted by Gasteiger charge is -2.43. The number of aromatic hydroxyl groups is 1.